The van der Waals surface area contributed by atoms with E-state index in [9.17, 15) is 9.59 Å². The molecule has 0 bridgehead atoms. The molecule has 0 aliphatic heterocycles. The summed E-state index contributed by atoms with van der Waals surface area (Å²) in [5.41, 5.74) is 6.52. The summed E-state index contributed by atoms with van der Waals surface area (Å²) in [6, 6.07) is 14.6. The Bertz CT molecular complexity index is 1790. The lowest BCUT2D eigenvalue weighted by Gasteiger charge is -2.24. The van der Waals surface area contributed by atoms with Crippen LogP contribution in [0.1, 0.15) is 124 Å². The minimum absolute atomic E-state index is 0.280. The summed E-state index contributed by atoms with van der Waals surface area (Å²) < 4.78 is 21.3. The standard InChI is InChI=1S/C39H47N3O5/c1-7-25(36-34(38(44)46-8-2)40-24-42(36)29-17-18-29)23-41-32-22-28(37(43)47-39(3,4)5)16-21-31(32)33(26-12-10-9-11-13-26)35(41)27-14-19-30(45-6)20-15-27/h7,14-16,19-22,24,26,29H,8-13,17-18,23H2,1-6H3/b25-7+. The van der Waals surface area contributed by atoms with Gasteiger partial charge in [0.25, 0.3) is 0 Å². The summed E-state index contributed by atoms with van der Waals surface area (Å²) >= 11 is 0. The molecule has 0 atom stereocenters. The summed E-state index contributed by atoms with van der Waals surface area (Å²) in [5, 5.41) is 1.15. The smallest absolute Gasteiger partial charge is 0.359 e. The van der Waals surface area contributed by atoms with Gasteiger partial charge in [0, 0.05) is 16.9 Å². The predicted molar refractivity (Wildman–Crippen MR) is 185 cm³/mol. The van der Waals surface area contributed by atoms with E-state index in [1.54, 1.807) is 13.4 Å². The Morgan fingerprint density at radius 2 is 1.70 bits per heavy atom. The molecular weight excluding hydrogens is 590 g/mol. The molecule has 0 radical (unpaired) electrons. The summed E-state index contributed by atoms with van der Waals surface area (Å²) in [6.07, 6.45) is 11.9. The zero-order valence-corrected chi connectivity index (χ0v) is 28.6. The Balaban J connectivity index is 1.59. The average Bonchev–Trinajstić information content (AvgIpc) is 3.73. The van der Waals surface area contributed by atoms with Crippen molar-refractivity contribution in [3.8, 4) is 17.0 Å². The Morgan fingerprint density at radius 1 is 0.979 bits per heavy atom. The third kappa shape index (κ3) is 6.74. The number of hydrogen-bond acceptors (Lipinski definition) is 6. The first-order valence-electron chi connectivity index (χ1n) is 17.1. The van der Waals surface area contributed by atoms with Crippen LogP contribution in [0, 0.1) is 0 Å². The van der Waals surface area contributed by atoms with Crippen molar-refractivity contribution < 1.29 is 23.8 Å². The number of hydrogen-bond donors (Lipinski definition) is 0. The van der Waals surface area contributed by atoms with Crippen LogP contribution in [0.4, 0.5) is 0 Å². The molecule has 2 saturated carbocycles. The van der Waals surface area contributed by atoms with Crippen molar-refractivity contribution in [3.05, 3.63) is 77.4 Å². The molecule has 8 nitrogen and oxygen atoms in total. The Kier molecular flexibility index (Phi) is 9.31. The molecule has 2 heterocycles. The summed E-state index contributed by atoms with van der Waals surface area (Å²) in [6.45, 7) is 10.2. The van der Waals surface area contributed by atoms with Gasteiger partial charge >= 0.3 is 11.9 Å². The molecule has 0 saturated heterocycles. The maximum atomic E-state index is 13.4. The van der Waals surface area contributed by atoms with E-state index in [-0.39, 0.29) is 12.6 Å². The molecule has 248 valence electrons. The van der Waals surface area contributed by atoms with Crippen LogP contribution in [0.3, 0.4) is 0 Å². The van der Waals surface area contributed by atoms with Crippen LogP contribution in [-0.2, 0) is 16.0 Å². The zero-order chi connectivity index (χ0) is 33.3. The molecule has 2 aromatic heterocycles. The molecule has 0 N–H and O–H groups in total. The second kappa shape index (κ2) is 13.4. The lowest BCUT2D eigenvalue weighted by molar-refractivity contribution is 0.00693. The monoisotopic (exact) mass is 637 g/mol. The first-order chi connectivity index (χ1) is 22.6. The van der Waals surface area contributed by atoms with E-state index >= 15 is 0 Å². The number of fused-ring (bicyclic) bond motifs is 1. The number of aromatic nitrogens is 3. The lowest BCUT2D eigenvalue weighted by atomic mass is 9.81. The van der Waals surface area contributed by atoms with Crippen LogP contribution >= 0.6 is 0 Å². The Labute approximate surface area is 277 Å². The maximum Gasteiger partial charge on any atom is 0.359 e. The molecule has 47 heavy (non-hydrogen) atoms. The van der Waals surface area contributed by atoms with Gasteiger partial charge in [0.1, 0.15) is 11.4 Å². The molecule has 2 fully saturated rings. The second-order valence-electron chi connectivity index (χ2n) is 13.8. The average molecular weight is 638 g/mol. The van der Waals surface area contributed by atoms with Crippen molar-refractivity contribution in [2.45, 2.75) is 104 Å². The number of rotatable bonds is 10. The minimum Gasteiger partial charge on any atom is -0.497 e. The van der Waals surface area contributed by atoms with Gasteiger partial charge in [-0.25, -0.2) is 14.6 Å². The van der Waals surface area contributed by atoms with Crippen LogP contribution < -0.4 is 4.74 Å². The molecule has 8 heteroatoms. The first-order valence-corrected chi connectivity index (χ1v) is 17.1. The van der Waals surface area contributed by atoms with Gasteiger partial charge in [-0.3, -0.25) is 0 Å². The van der Waals surface area contributed by atoms with Crippen molar-refractivity contribution in [2.75, 3.05) is 13.7 Å². The topological polar surface area (TPSA) is 84.6 Å². The lowest BCUT2D eigenvalue weighted by Crippen LogP contribution is -2.23. The summed E-state index contributed by atoms with van der Waals surface area (Å²) in [4.78, 5) is 31.2. The van der Waals surface area contributed by atoms with E-state index in [0.717, 1.165) is 64.9 Å². The zero-order valence-electron chi connectivity index (χ0n) is 28.6. The fourth-order valence-electron chi connectivity index (χ4n) is 7.00. The molecule has 2 aliphatic carbocycles. The number of benzene rings is 2. The van der Waals surface area contributed by atoms with Gasteiger partial charge in [-0.15, -0.1) is 0 Å². The normalized spacial score (nSPS) is 16.0. The SMILES string of the molecule is C/C=C(\Cn1c(-c2ccc(OC)cc2)c(C2CCCCC2)c2ccc(C(=O)OC(C)(C)C)cc21)c1c(C(=O)OCC)ncn1C1CC1. The Hall–Kier alpha value is -4.33. The molecule has 2 aromatic carbocycles. The number of nitrogens with zero attached hydrogens (tertiary/aromatic N) is 3. The van der Waals surface area contributed by atoms with Gasteiger partial charge in [0.2, 0.25) is 0 Å². The van der Waals surface area contributed by atoms with Gasteiger partial charge in [0.15, 0.2) is 5.69 Å². The summed E-state index contributed by atoms with van der Waals surface area (Å²) in [7, 11) is 1.68. The number of esters is 2. The number of ether oxygens (including phenoxy) is 3. The first kappa shape index (κ1) is 32.6. The fourth-order valence-corrected chi connectivity index (χ4v) is 7.00. The third-order valence-electron chi connectivity index (χ3n) is 9.30. The summed E-state index contributed by atoms with van der Waals surface area (Å²) in [5.74, 6) is 0.423. The molecule has 0 amide bonds. The highest BCUT2D eigenvalue weighted by Gasteiger charge is 2.33. The van der Waals surface area contributed by atoms with Gasteiger partial charge in [-0.2, -0.15) is 0 Å². The molecule has 4 aromatic rings. The van der Waals surface area contributed by atoms with E-state index < -0.39 is 11.6 Å². The van der Waals surface area contributed by atoms with E-state index in [2.05, 4.69) is 38.4 Å². The van der Waals surface area contributed by atoms with E-state index in [1.807, 2.05) is 58.9 Å². The van der Waals surface area contributed by atoms with Gasteiger partial charge in [-0.1, -0.05) is 31.4 Å². The highest BCUT2D eigenvalue weighted by molar-refractivity contribution is 5.99. The van der Waals surface area contributed by atoms with Gasteiger partial charge in [-0.05, 0) is 119 Å². The number of carbonyl (C=O) groups excluding carboxylic acids is 2. The van der Waals surface area contributed by atoms with Crippen LogP contribution in [0.2, 0.25) is 0 Å². The third-order valence-corrected chi connectivity index (χ3v) is 9.30. The molecule has 0 unspecified atom stereocenters. The Morgan fingerprint density at radius 3 is 2.32 bits per heavy atom. The molecular formula is C39H47N3O5. The molecule has 0 spiro atoms. The van der Waals surface area contributed by atoms with Crippen molar-refractivity contribution >= 4 is 28.4 Å². The predicted octanol–water partition coefficient (Wildman–Crippen LogP) is 9.13. The van der Waals surface area contributed by atoms with E-state index in [4.69, 9.17) is 14.2 Å². The van der Waals surface area contributed by atoms with Crippen LogP contribution in [-0.4, -0.2) is 45.4 Å². The largest absolute Gasteiger partial charge is 0.497 e. The molecule has 2 aliphatic rings. The van der Waals surface area contributed by atoms with E-state index in [0.29, 0.717) is 29.8 Å². The number of methoxy groups -OCH3 is 1. The van der Waals surface area contributed by atoms with Crippen molar-refractivity contribution in [3.63, 3.8) is 0 Å². The quantitative estimate of drug-likeness (QED) is 0.161. The number of allylic oxidation sites excluding steroid dienone is 2. The molecule has 6 rings (SSSR count). The fraction of sp³-hybridized carbons (Fsp3) is 0.462. The minimum atomic E-state index is -0.613. The van der Waals surface area contributed by atoms with Crippen molar-refractivity contribution in [1.29, 1.82) is 0 Å². The van der Waals surface area contributed by atoms with Crippen LogP contribution in [0.25, 0.3) is 27.7 Å². The maximum absolute atomic E-state index is 13.4. The van der Waals surface area contributed by atoms with E-state index in [1.165, 1.54) is 24.8 Å². The van der Waals surface area contributed by atoms with Crippen LogP contribution in [0.5, 0.6) is 5.75 Å². The van der Waals surface area contributed by atoms with Crippen molar-refractivity contribution in [1.82, 2.24) is 14.1 Å². The number of carbonyl (C=O) groups is 2. The second-order valence-corrected chi connectivity index (χ2v) is 13.8. The highest BCUT2D eigenvalue weighted by Crippen LogP contribution is 2.46. The van der Waals surface area contributed by atoms with Crippen LogP contribution in [0.15, 0.2) is 54.9 Å². The van der Waals surface area contributed by atoms with Crippen molar-refractivity contribution in [2.24, 2.45) is 0 Å². The highest BCUT2D eigenvalue weighted by atomic mass is 16.6. The van der Waals surface area contributed by atoms with Gasteiger partial charge < -0.3 is 23.3 Å². The van der Waals surface area contributed by atoms with Gasteiger partial charge in [0.05, 0.1) is 43.5 Å². The number of imidazole rings is 1.